The number of carbonyl (C=O) groups is 4. The van der Waals surface area contributed by atoms with Gasteiger partial charge in [-0.3, -0.25) is 19.2 Å². The average molecular weight is 724 g/mol. The predicted molar refractivity (Wildman–Crippen MR) is 197 cm³/mol. The SMILES string of the molecule is O=C(CCSSCC(NC(=O)c1ccc(Cl)cc1)C(=O)NCCc1ccccc1)NCC(NC(=O)c1ccc(Cl)cc1)c1ccccc1. The van der Waals surface area contributed by atoms with Gasteiger partial charge in [0, 0.05) is 52.2 Å². The maximum atomic E-state index is 13.1. The second-order valence-electron chi connectivity index (χ2n) is 10.7. The first-order chi connectivity index (χ1) is 23.3. The van der Waals surface area contributed by atoms with Crippen molar-refractivity contribution in [1.82, 2.24) is 21.3 Å². The van der Waals surface area contributed by atoms with Gasteiger partial charge in [0.1, 0.15) is 6.04 Å². The Balaban J connectivity index is 1.25. The van der Waals surface area contributed by atoms with Crippen LogP contribution in [0.25, 0.3) is 0 Å². The molecule has 4 rings (SSSR count). The normalized spacial score (nSPS) is 12.0. The van der Waals surface area contributed by atoms with Crippen molar-refractivity contribution in [2.24, 2.45) is 0 Å². The molecule has 0 aliphatic carbocycles. The van der Waals surface area contributed by atoms with Crippen molar-refractivity contribution >= 4 is 68.4 Å². The average Bonchev–Trinajstić information content (AvgIpc) is 3.10. The first kappa shape index (κ1) is 36.9. The largest absolute Gasteiger partial charge is 0.354 e. The molecule has 12 heteroatoms. The molecule has 2 atom stereocenters. The fraction of sp³-hybridized carbons (Fsp3) is 0.222. The van der Waals surface area contributed by atoms with E-state index in [1.807, 2.05) is 60.7 Å². The fourth-order valence-corrected chi connectivity index (χ4v) is 6.92. The van der Waals surface area contributed by atoms with Gasteiger partial charge in [0.15, 0.2) is 0 Å². The minimum atomic E-state index is -0.786. The van der Waals surface area contributed by atoms with Gasteiger partial charge in [-0.15, -0.1) is 0 Å². The van der Waals surface area contributed by atoms with Crippen LogP contribution < -0.4 is 21.3 Å². The summed E-state index contributed by atoms with van der Waals surface area (Å²) in [5.74, 6) is -0.325. The van der Waals surface area contributed by atoms with Crippen LogP contribution in [0.1, 0.15) is 44.3 Å². The zero-order valence-corrected chi connectivity index (χ0v) is 29.1. The lowest BCUT2D eigenvalue weighted by molar-refractivity contribution is -0.122. The second kappa shape index (κ2) is 19.8. The quantitative estimate of drug-likeness (QED) is 0.0730. The van der Waals surface area contributed by atoms with E-state index in [-0.39, 0.29) is 36.6 Å². The standard InChI is InChI=1S/C36H36Cl2N4O4S2/c37-29-15-11-27(12-16-29)34(44)41-31(26-9-5-2-6-10-26)23-40-33(43)20-22-47-48-24-32(42-35(45)28-13-17-30(38)18-14-28)36(46)39-21-19-25-7-3-1-4-8-25/h1-18,31-32H,19-24H2,(H,39,46)(H,40,43)(H,41,44)(H,42,45). The maximum absolute atomic E-state index is 13.1. The first-order valence-corrected chi connectivity index (χ1v) is 18.5. The Morgan fingerprint density at radius 2 is 1.21 bits per heavy atom. The van der Waals surface area contributed by atoms with Crippen molar-refractivity contribution in [1.29, 1.82) is 0 Å². The molecule has 0 heterocycles. The highest BCUT2D eigenvalue weighted by Crippen LogP contribution is 2.23. The summed E-state index contributed by atoms with van der Waals surface area (Å²) in [6.07, 6.45) is 0.896. The van der Waals surface area contributed by atoms with Crippen LogP contribution >= 0.6 is 44.8 Å². The molecule has 0 saturated heterocycles. The Morgan fingerprint density at radius 3 is 1.81 bits per heavy atom. The minimum absolute atomic E-state index is 0.170. The Labute approximate surface area is 298 Å². The van der Waals surface area contributed by atoms with E-state index in [4.69, 9.17) is 23.2 Å². The maximum Gasteiger partial charge on any atom is 0.251 e. The molecule has 2 unspecified atom stereocenters. The van der Waals surface area contributed by atoms with Crippen LogP contribution in [-0.2, 0) is 16.0 Å². The number of hydrogen-bond donors (Lipinski definition) is 4. The summed E-state index contributed by atoms with van der Waals surface area (Å²) in [6.45, 7) is 0.639. The summed E-state index contributed by atoms with van der Waals surface area (Å²) < 4.78 is 0. The molecule has 4 amide bonds. The van der Waals surface area contributed by atoms with Gasteiger partial charge in [-0.25, -0.2) is 0 Å². The predicted octanol–water partition coefficient (Wildman–Crippen LogP) is 6.51. The van der Waals surface area contributed by atoms with E-state index in [2.05, 4.69) is 21.3 Å². The highest BCUT2D eigenvalue weighted by atomic mass is 35.5. The van der Waals surface area contributed by atoms with E-state index in [0.29, 0.717) is 45.6 Å². The van der Waals surface area contributed by atoms with Gasteiger partial charge in [-0.1, -0.05) is 105 Å². The number of benzene rings is 4. The molecule has 0 aromatic heterocycles. The monoisotopic (exact) mass is 722 g/mol. The number of nitrogens with one attached hydrogen (secondary N) is 4. The van der Waals surface area contributed by atoms with Gasteiger partial charge >= 0.3 is 0 Å². The zero-order valence-electron chi connectivity index (χ0n) is 26.0. The molecule has 4 aromatic carbocycles. The molecule has 4 aromatic rings. The number of halogens is 2. The van der Waals surface area contributed by atoms with Gasteiger partial charge in [-0.05, 0) is 66.1 Å². The summed E-state index contributed by atoms with van der Waals surface area (Å²) in [7, 11) is 2.84. The van der Waals surface area contributed by atoms with E-state index < -0.39 is 12.1 Å². The molecular formula is C36H36Cl2N4O4S2. The van der Waals surface area contributed by atoms with E-state index in [0.717, 1.165) is 11.1 Å². The van der Waals surface area contributed by atoms with E-state index in [1.54, 1.807) is 48.5 Å². The molecule has 0 fully saturated rings. The van der Waals surface area contributed by atoms with Crippen LogP contribution in [0, 0.1) is 0 Å². The molecule has 48 heavy (non-hydrogen) atoms. The third kappa shape index (κ3) is 12.6. The second-order valence-corrected chi connectivity index (χ2v) is 14.2. The molecule has 4 N–H and O–H groups in total. The van der Waals surface area contributed by atoms with Gasteiger partial charge < -0.3 is 21.3 Å². The van der Waals surface area contributed by atoms with Crippen LogP contribution in [0.5, 0.6) is 0 Å². The lowest BCUT2D eigenvalue weighted by atomic mass is 10.1. The van der Waals surface area contributed by atoms with Crippen LogP contribution in [0.4, 0.5) is 0 Å². The van der Waals surface area contributed by atoms with Gasteiger partial charge in [-0.2, -0.15) is 0 Å². The van der Waals surface area contributed by atoms with Crippen molar-refractivity contribution in [3.05, 3.63) is 141 Å². The minimum Gasteiger partial charge on any atom is -0.354 e. The summed E-state index contributed by atoms with van der Waals surface area (Å²) in [5.41, 5.74) is 2.82. The topological polar surface area (TPSA) is 116 Å². The van der Waals surface area contributed by atoms with Gasteiger partial charge in [0.05, 0.1) is 6.04 Å². The van der Waals surface area contributed by atoms with Crippen molar-refractivity contribution in [3.8, 4) is 0 Å². The third-order valence-corrected chi connectivity index (χ3v) is 10.1. The van der Waals surface area contributed by atoms with Gasteiger partial charge in [0.2, 0.25) is 11.8 Å². The first-order valence-electron chi connectivity index (χ1n) is 15.3. The van der Waals surface area contributed by atoms with Crippen LogP contribution in [0.3, 0.4) is 0 Å². The van der Waals surface area contributed by atoms with Crippen LogP contribution in [0.15, 0.2) is 109 Å². The highest BCUT2D eigenvalue weighted by molar-refractivity contribution is 8.76. The number of hydrogen-bond acceptors (Lipinski definition) is 6. The lowest BCUT2D eigenvalue weighted by Gasteiger charge is -2.20. The molecule has 0 spiro atoms. The Morgan fingerprint density at radius 1 is 0.646 bits per heavy atom. The Bertz CT molecular complexity index is 1630. The smallest absolute Gasteiger partial charge is 0.251 e. The fourth-order valence-electron chi connectivity index (χ4n) is 4.52. The lowest BCUT2D eigenvalue weighted by Crippen LogP contribution is -2.48. The van der Waals surface area contributed by atoms with Crippen molar-refractivity contribution in [2.45, 2.75) is 24.9 Å². The molecule has 0 aliphatic heterocycles. The van der Waals surface area contributed by atoms with E-state index in [1.165, 1.54) is 21.6 Å². The highest BCUT2D eigenvalue weighted by Gasteiger charge is 2.22. The van der Waals surface area contributed by atoms with Crippen molar-refractivity contribution in [2.75, 3.05) is 24.6 Å². The molecule has 0 saturated carbocycles. The Hall–Kier alpha value is -3.96. The number of rotatable bonds is 17. The molecule has 0 bridgehead atoms. The molecule has 0 radical (unpaired) electrons. The number of amides is 4. The molecule has 8 nitrogen and oxygen atoms in total. The van der Waals surface area contributed by atoms with Crippen LogP contribution in [-0.4, -0.2) is 54.3 Å². The molecule has 250 valence electrons. The summed E-state index contributed by atoms with van der Waals surface area (Å²) in [5, 5.41) is 12.7. The number of carbonyl (C=O) groups excluding carboxylic acids is 4. The summed E-state index contributed by atoms with van der Waals surface area (Å²) in [4.78, 5) is 51.6. The molecule has 0 aliphatic rings. The zero-order chi connectivity index (χ0) is 34.1. The van der Waals surface area contributed by atoms with E-state index >= 15 is 0 Å². The Kier molecular flexibility index (Phi) is 15.2. The summed E-state index contributed by atoms with van der Waals surface area (Å²) in [6, 6.07) is 31.1. The van der Waals surface area contributed by atoms with Gasteiger partial charge in [0.25, 0.3) is 11.8 Å². The van der Waals surface area contributed by atoms with Crippen molar-refractivity contribution < 1.29 is 19.2 Å². The van der Waals surface area contributed by atoms with Crippen molar-refractivity contribution in [3.63, 3.8) is 0 Å². The third-order valence-electron chi connectivity index (χ3n) is 7.13. The van der Waals surface area contributed by atoms with E-state index in [9.17, 15) is 19.2 Å². The molecular weight excluding hydrogens is 687 g/mol. The summed E-state index contributed by atoms with van der Waals surface area (Å²) >= 11 is 11.9. The van der Waals surface area contributed by atoms with Crippen LogP contribution in [0.2, 0.25) is 10.0 Å².